The van der Waals surface area contributed by atoms with Gasteiger partial charge in [-0.1, -0.05) is 49.7 Å². The van der Waals surface area contributed by atoms with E-state index >= 15 is 0 Å². The molecule has 26 heavy (non-hydrogen) atoms. The molecule has 1 amide bonds. The van der Waals surface area contributed by atoms with E-state index in [1.54, 1.807) is 44.2 Å². The van der Waals surface area contributed by atoms with Crippen LogP contribution in [0.2, 0.25) is 0 Å². The summed E-state index contributed by atoms with van der Waals surface area (Å²) in [5.41, 5.74) is 1.27. The third kappa shape index (κ3) is 5.12. The van der Waals surface area contributed by atoms with Crippen LogP contribution in [0.5, 0.6) is 0 Å². The van der Waals surface area contributed by atoms with Crippen molar-refractivity contribution in [3.05, 3.63) is 65.5 Å². The second kappa shape index (κ2) is 8.42. The molecule has 0 aliphatic heterocycles. The van der Waals surface area contributed by atoms with Crippen LogP contribution in [-0.2, 0) is 21.4 Å². The molecule has 0 spiro atoms. The average Bonchev–Trinajstić information content (AvgIpc) is 2.59. The normalized spacial score (nSPS) is 12.8. The first-order chi connectivity index (χ1) is 12.2. The summed E-state index contributed by atoms with van der Waals surface area (Å²) in [6, 6.07) is 11.5. The number of hydrogen-bond donors (Lipinski definition) is 2. The van der Waals surface area contributed by atoms with E-state index in [9.17, 15) is 17.6 Å². The first-order valence-corrected chi connectivity index (χ1v) is 9.79. The number of amides is 1. The Morgan fingerprint density at radius 2 is 1.69 bits per heavy atom. The molecule has 0 saturated carbocycles. The Balaban J connectivity index is 2.11. The Hall–Kier alpha value is -2.25. The van der Waals surface area contributed by atoms with Gasteiger partial charge in [-0.2, -0.15) is 4.72 Å². The molecule has 0 heterocycles. The second-order valence-electron chi connectivity index (χ2n) is 6.47. The van der Waals surface area contributed by atoms with Gasteiger partial charge in [0, 0.05) is 12.1 Å². The van der Waals surface area contributed by atoms with Gasteiger partial charge >= 0.3 is 0 Å². The van der Waals surface area contributed by atoms with Crippen LogP contribution in [0.25, 0.3) is 0 Å². The van der Waals surface area contributed by atoms with E-state index in [1.807, 2.05) is 6.92 Å². The number of benzene rings is 2. The Morgan fingerprint density at radius 1 is 1.08 bits per heavy atom. The number of carbonyl (C=O) groups is 1. The number of rotatable bonds is 7. The van der Waals surface area contributed by atoms with E-state index in [4.69, 9.17) is 0 Å². The molecule has 2 aromatic rings. The van der Waals surface area contributed by atoms with Crippen LogP contribution >= 0.6 is 0 Å². The van der Waals surface area contributed by atoms with Crippen LogP contribution in [0.4, 0.5) is 4.39 Å². The van der Waals surface area contributed by atoms with Crippen LogP contribution < -0.4 is 10.0 Å². The molecule has 7 heteroatoms. The molecule has 0 saturated heterocycles. The topological polar surface area (TPSA) is 75.3 Å². The van der Waals surface area contributed by atoms with Crippen LogP contribution in [-0.4, -0.2) is 20.4 Å². The highest BCUT2D eigenvalue weighted by Crippen LogP contribution is 2.13. The third-order valence-electron chi connectivity index (χ3n) is 3.97. The van der Waals surface area contributed by atoms with Gasteiger partial charge in [0.15, 0.2) is 0 Å². The minimum Gasteiger partial charge on any atom is -0.351 e. The fraction of sp³-hybridized carbons (Fsp3) is 0.316. The molecule has 2 aromatic carbocycles. The number of carbonyl (C=O) groups excluding carboxylic acids is 1. The molecule has 0 radical (unpaired) electrons. The lowest BCUT2D eigenvalue weighted by atomic mass is 10.0. The highest BCUT2D eigenvalue weighted by molar-refractivity contribution is 7.89. The average molecular weight is 378 g/mol. The van der Waals surface area contributed by atoms with Crippen molar-refractivity contribution < 1.29 is 17.6 Å². The van der Waals surface area contributed by atoms with Gasteiger partial charge in [-0.15, -0.1) is 0 Å². The van der Waals surface area contributed by atoms with Crippen molar-refractivity contribution in [2.75, 3.05) is 0 Å². The van der Waals surface area contributed by atoms with Crippen molar-refractivity contribution in [2.24, 2.45) is 5.92 Å². The summed E-state index contributed by atoms with van der Waals surface area (Å²) in [4.78, 5) is 12.6. The Morgan fingerprint density at radius 3 is 2.27 bits per heavy atom. The van der Waals surface area contributed by atoms with Gasteiger partial charge < -0.3 is 5.32 Å². The summed E-state index contributed by atoms with van der Waals surface area (Å²) >= 11 is 0. The number of halogens is 1. The lowest BCUT2D eigenvalue weighted by molar-refractivity contribution is -0.123. The van der Waals surface area contributed by atoms with Crippen molar-refractivity contribution in [3.63, 3.8) is 0 Å². The zero-order valence-electron chi connectivity index (χ0n) is 15.0. The standard InChI is InChI=1S/C19H23FN2O3S/c1-13(2)18(19(23)21-12-15-6-4-5-7-17(15)20)22-26(24,25)16-10-8-14(3)9-11-16/h4-11,13,18,22H,12H2,1-3H3,(H,21,23). The predicted octanol–water partition coefficient (Wildman–Crippen LogP) is 2.75. The van der Waals surface area contributed by atoms with Crippen molar-refractivity contribution >= 4 is 15.9 Å². The van der Waals surface area contributed by atoms with E-state index in [-0.39, 0.29) is 17.4 Å². The zero-order chi connectivity index (χ0) is 19.3. The van der Waals surface area contributed by atoms with Crippen LogP contribution in [0.15, 0.2) is 53.4 Å². The Kier molecular flexibility index (Phi) is 6.50. The maximum atomic E-state index is 13.7. The second-order valence-corrected chi connectivity index (χ2v) is 8.18. The van der Waals surface area contributed by atoms with Gasteiger partial charge in [0.25, 0.3) is 0 Å². The van der Waals surface area contributed by atoms with E-state index in [2.05, 4.69) is 10.0 Å². The fourth-order valence-corrected chi connectivity index (χ4v) is 3.72. The first-order valence-electron chi connectivity index (χ1n) is 8.31. The summed E-state index contributed by atoms with van der Waals surface area (Å²) in [7, 11) is -3.84. The molecule has 0 aliphatic rings. The van der Waals surface area contributed by atoms with Crippen LogP contribution in [0.1, 0.15) is 25.0 Å². The number of sulfonamides is 1. The van der Waals surface area contributed by atoms with E-state index in [0.717, 1.165) is 5.56 Å². The molecule has 140 valence electrons. The summed E-state index contributed by atoms with van der Waals surface area (Å²) < 4.78 is 41.2. The van der Waals surface area contributed by atoms with Crippen LogP contribution in [0, 0.1) is 18.7 Å². The SMILES string of the molecule is Cc1ccc(S(=O)(=O)NC(C(=O)NCc2ccccc2F)C(C)C)cc1. The number of nitrogens with one attached hydrogen (secondary N) is 2. The number of hydrogen-bond acceptors (Lipinski definition) is 3. The molecular formula is C19H23FN2O3S. The quantitative estimate of drug-likeness (QED) is 0.778. The molecule has 5 nitrogen and oxygen atoms in total. The van der Waals surface area contributed by atoms with Gasteiger partial charge in [-0.3, -0.25) is 4.79 Å². The Bertz CT molecular complexity index is 865. The maximum absolute atomic E-state index is 13.7. The molecule has 2 N–H and O–H groups in total. The van der Waals surface area contributed by atoms with E-state index in [1.165, 1.54) is 18.2 Å². The molecule has 0 fully saturated rings. The number of aryl methyl sites for hydroxylation is 1. The molecule has 0 aliphatic carbocycles. The summed E-state index contributed by atoms with van der Waals surface area (Å²) in [5.74, 6) is -1.20. The van der Waals surface area contributed by atoms with Gasteiger partial charge in [-0.25, -0.2) is 12.8 Å². The molecule has 0 aromatic heterocycles. The Labute approximate surface area is 153 Å². The van der Waals surface area contributed by atoms with Gasteiger partial charge in [-0.05, 0) is 31.0 Å². The smallest absolute Gasteiger partial charge is 0.241 e. The highest BCUT2D eigenvalue weighted by atomic mass is 32.2. The fourth-order valence-electron chi connectivity index (χ4n) is 2.38. The van der Waals surface area contributed by atoms with Crippen molar-refractivity contribution in [3.8, 4) is 0 Å². The van der Waals surface area contributed by atoms with Crippen molar-refractivity contribution in [2.45, 2.75) is 38.3 Å². The first kappa shape index (κ1) is 20.1. The van der Waals surface area contributed by atoms with Crippen molar-refractivity contribution in [1.29, 1.82) is 0 Å². The molecule has 1 atom stereocenters. The maximum Gasteiger partial charge on any atom is 0.241 e. The van der Waals surface area contributed by atoms with Gasteiger partial charge in [0.2, 0.25) is 15.9 Å². The van der Waals surface area contributed by atoms with Gasteiger partial charge in [0.1, 0.15) is 11.9 Å². The summed E-state index contributed by atoms with van der Waals surface area (Å²) in [5, 5.41) is 2.60. The lowest BCUT2D eigenvalue weighted by Crippen LogP contribution is -2.49. The largest absolute Gasteiger partial charge is 0.351 e. The summed E-state index contributed by atoms with van der Waals surface area (Å²) in [6.45, 7) is 5.33. The molecule has 2 rings (SSSR count). The molecule has 0 bridgehead atoms. The lowest BCUT2D eigenvalue weighted by Gasteiger charge is -2.22. The van der Waals surface area contributed by atoms with E-state index < -0.39 is 27.8 Å². The van der Waals surface area contributed by atoms with Gasteiger partial charge in [0.05, 0.1) is 4.90 Å². The molecular weight excluding hydrogens is 355 g/mol. The predicted molar refractivity (Wildman–Crippen MR) is 98.4 cm³/mol. The highest BCUT2D eigenvalue weighted by Gasteiger charge is 2.28. The van der Waals surface area contributed by atoms with Crippen molar-refractivity contribution in [1.82, 2.24) is 10.0 Å². The third-order valence-corrected chi connectivity index (χ3v) is 5.43. The molecule has 1 unspecified atom stereocenters. The minimum atomic E-state index is -3.84. The zero-order valence-corrected chi connectivity index (χ0v) is 15.8. The van der Waals surface area contributed by atoms with Crippen LogP contribution in [0.3, 0.4) is 0 Å². The summed E-state index contributed by atoms with van der Waals surface area (Å²) in [6.07, 6.45) is 0. The minimum absolute atomic E-state index is 0.0129. The van der Waals surface area contributed by atoms with E-state index in [0.29, 0.717) is 5.56 Å². The monoisotopic (exact) mass is 378 g/mol.